The minimum atomic E-state index is -0.571. The average Bonchev–Trinajstić information content (AvgIpc) is 2.51. The minimum absolute atomic E-state index is 0.112. The van der Waals surface area contributed by atoms with Gasteiger partial charge >= 0.3 is 0 Å². The van der Waals surface area contributed by atoms with Gasteiger partial charge in [0.1, 0.15) is 11.9 Å². The van der Waals surface area contributed by atoms with E-state index in [0.29, 0.717) is 10.6 Å². The second-order valence-electron chi connectivity index (χ2n) is 4.06. The largest absolute Gasteiger partial charge is 0.322 e. The Morgan fingerprint density at radius 1 is 1.50 bits per heavy atom. The SMILES string of the molecule is CC(C)NC1C(=O)Nc2c(F)ccc(Cl)c21. The Bertz CT molecular complexity index is 448. The maximum Gasteiger partial charge on any atom is 0.246 e. The summed E-state index contributed by atoms with van der Waals surface area (Å²) in [5.74, 6) is -0.725. The second kappa shape index (κ2) is 4.03. The van der Waals surface area contributed by atoms with Crippen molar-refractivity contribution in [3.8, 4) is 0 Å². The van der Waals surface area contributed by atoms with Crippen molar-refractivity contribution >= 4 is 23.2 Å². The molecule has 0 radical (unpaired) electrons. The molecule has 16 heavy (non-hydrogen) atoms. The van der Waals surface area contributed by atoms with Gasteiger partial charge in [-0.2, -0.15) is 0 Å². The number of rotatable bonds is 2. The maximum absolute atomic E-state index is 13.5. The molecule has 3 nitrogen and oxygen atoms in total. The molecule has 0 aliphatic carbocycles. The molecule has 0 bridgehead atoms. The lowest BCUT2D eigenvalue weighted by Gasteiger charge is -2.15. The predicted octanol–water partition coefficient (Wildman–Crippen LogP) is 2.47. The van der Waals surface area contributed by atoms with Crippen molar-refractivity contribution in [3.63, 3.8) is 0 Å². The fourth-order valence-corrected chi connectivity index (χ4v) is 2.06. The minimum Gasteiger partial charge on any atom is -0.322 e. The summed E-state index contributed by atoms with van der Waals surface area (Å²) in [5, 5.41) is 5.95. The van der Waals surface area contributed by atoms with Crippen molar-refractivity contribution in [1.29, 1.82) is 0 Å². The summed E-state index contributed by atoms with van der Waals surface area (Å²) in [4.78, 5) is 11.7. The standard InChI is InChI=1S/C11H12ClFN2O/c1-5(2)14-10-8-6(12)3-4-7(13)9(8)15-11(10)16/h3-5,10,14H,1-2H3,(H,15,16). The summed E-state index contributed by atoms with van der Waals surface area (Å²) >= 11 is 5.99. The van der Waals surface area contributed by atoms with E-state index in [9.17, 15) is 9.18 Å². The third-order valence-electron chi connectivity index (χ3n) is 2.44. The highest BCUT2D eigenvalue weighted by Crippen LogP contribution is 2.38. The van der Waals surface area contributed by atoms with Gasteiger partial charge in [0.05, 0.1) is 5.69 Å². The van der Waals surface area contributed by atoms with Crippen LogP contribution < -0.4 is 10.6 Å². The first kappa shape index (κ1) is 11.4. The monoisotopic (exact) mass is 242 g/mol. The van der Waals surface area contributed by atoms with Crippen molar-refractivity contribution in [3.05, 3.63) is 28.5 Å². The first-order chi connectivity index (χ1) is 7.50. The summed E-state index contributed by atoms with van der Waals surface area (Å²) in [6.07, 6.45) is 0. The zero-order valence-corrected chi connectivity index (χ0v) is 9.73. The molecule has 0 saturated carbocycles. The van der Waals surface area contributed by atoms with E-state index in [2.05, 4.69) is 10.6 Å². The van der Waals surface area contributed by atoms with Crippen molar-refractivity contribution in [2.75, 3.05) is 5.32 Å². The lowest BCUT2D eigenvalue weighted by Crippen LogP contribution is -2.32. The molecule has 1 atom stereocenters. The topological polar surface area (TPSA) is 41.1 Å². The second-order valence-corrected chi connectivity index (χ2v) is 4.47. The highest BCUT2D eigenvalue weighted by atomic mass is 35.5. The molecule has 0 fully saturated rings. The molecule has 0 saturated heterocycles. The van der Waals surface area contributed by atoms with E-state index >= 15 is 0 Å². The Hall–Kier alpha value is -1.13. The molecule has 0 aromatic heterocycles. The van der Waals surface area contributed by atoms with Crippen molar-refractivity contribution in [2.45, 2.75) is 25.9 Å². The van der Waals surface area contributed by atoms with Gasteiger partial charge in [-0.05, 0) is 26.0 Å². The maximum atomic E-state index is 13.5. The van der Waals surface area contributed by atoms with Gasteiger partial charge in [-0.15, -0.1) is 0 Å². The van der Waals surface area contributed by atoms with E-state index in [4.69, 9.17) is 11.6 Å². The van der Waals surface area contributed by atoms with Crippen LogP contribution in [-0.4, -0.2) is 11.9 Å². The fraction of sp³-hybridized carbons (Fsp3) is 0.364. The smallest absolute Gasteiger partial charge is 0.246 e. The number of anilines is 1. The van der Waals surface area contributed by atoms with Crippen LogP contribution in [0.2, 0.25) is 5.02 Å². The molecule has 0 spiro atoms. The van der Waals surface area contributed by atoms with Crippen molar-refractivity contribution in [1.82, 2.24) is 5.32 Å². The molecule has 1 heterocycles. The summed E-state index contributed by atoms with van der Waals surface area (Å²) in [6, 6.07) is 2.25. The van der Waals surface area contributed by atoms with Gasteiger partial charge in [-0.3, -0.25) is 10.1 Å². The number of fused-ring (bicyclic) bond motifs is 1. The molecular formula is C11H12ClFN2O. The van der Waals surface area contributed by atoms with Crippen molar-refractivity contribution in [2.24, 2.45) is 0 Å². The number of nitrogens with one attached hydrogen (secondary N) is 2. The normalized spacial score (nSPS) is 18.8. The van der Waals surface area contributed by atoms with Crippen LogP contribution in [0.3, 0.4) is 0 Å². The first-order valence-corrected chi connectivity index (χ1v) is 5.43. The number of halogens is 2. The van der Waals surface area contributed by atoms with E-state index in [1.165, 1.54) is 12.1 Å². The van der Waals surface area contributed by atoms with Gasteiger partial charge in [-0.1, -0.05) is 11.6 Å². The van der Waals surface area contributed by atoms with Crippen LogP contribution in [0.1, 0.15) is 25.5 Å². The predicted molar refractivity (Wildman–Crippen MR) is 61.1 cm³/mol. The molecular weight excluding hydrogens is 231 g/mol. The Balaban J connectivity index is 2.47. The summed E-state index contributed by atoms with van der Waals surface area (Å²) in [7, 11) is 0. The zero-order chi connectivity index (χ0) is 11.9. The number of carbonyl (C=O) groups excluding carboxylic acids is 1. The van der Waals surface area contributed by atoms with Gasteiger partial charge in [0.15, 0.2) is 0 Å². The van der Waals surface area contributed by atoms with Gasteiger partial charge in [0, 0.05) is 16.6 Å². The van der Waals surface area contributed by atoms with Gasteiger partial charge in [0.2, 0.25) is 5.91 Å². The van der Waals surface area contributed by atoms with Crippen LogP contribution in [0.5, 0.6) is 0 Å². The van der Waals surface area contributed by atoms with Gasteiger partial charge in [0.25, 0.3) is 0 Å². The lowest BCUT2D eigenvalue weighted by molar-refractivity contribution is -0.117. The van der Waals surface area contributed by atoms with Crippen molar-refractivity contribution < 1.29 is 9.18 Å². The van der Waals surface area contributed by atoms with Crippen LogP contribution in [-0.2, 0) is 4.79 Å². The Morgan fingerprint density at radius 3 is 2.81 bits per heavy atom. The average molecular weight is 243 g/mol. The van der Waals surface area contributed by atoms with E-state index < -0.39 is 11.9 Å². The van der Waals surface area contributed by atoms with E-state index in [1.807, 2.05) is 13.8 Å². The number of amides is 1. The Kier molecular flexibility index (Phi) is 2.86. The molecule has 2 N–H and O–H groups in total. The summed E-state index contributed by atoms with van der Waals surface area (Å²) in [6.45, 7) is 3.83. The third kappa shape index (κ3) is 1.79. The van der Waals surface area contributed by atoms with Crippen LogP contribution in [0.25, 0.3) is 0 Å². The molecule has 1 unspecified atom stereocenters. The highest BCUT2D eigenvalue weighted by Gasteiger charge is 2.34. The number of hydrogen-bond donors (Lipinski definition) is 2. The molecule has 1 aliphatic rings. The molecule has 86 valence electrons. The third-order valence-corrected chi connectivity index (χ3v) is 2.77. The molecule has 1 aliphatic heterocycles. The van der Waals surface area contributed by atoms with Crippen LogP contribution in [0, 0.1) is 5.82 Å². The van der Waals surface area contributed by atoms with Gasteiger partial charge < -0.3 is 5.32 Å². The number of benzene rings is 1. The Morgan fingerprint density at radius 2 is 2.19 bits per heavy atom. The summed E-state index contributed by atoms with van der Waals surface area (Å²) < 4.78 is 13.5. The zero-order valence-electron chi connectivity index (χ0n) is 8.97. The van der Waals surface area contributed by atoms with E-state index in [1.54, 1.807) is 0 Å². The lowest BCUT2D eigenvalue weighted by atomic mass is 10.1. The molecule has 5 heteroatoms. The fourth-order valence-electron chi connectivity index (χ4n) is 1.80. The molecule has 1 aromatic carbocycles. The molecule has 1 aromatic rings. The molecule has 2 rings (SSSR count). The molecule has 1 amide bonds. The number of carbonyl (C=O) groups is 1. The quantitative estimate of drug-likeness (QED) is 0.837. The summed E-state index contributed by atoms with van der Waals surface area (Å²) in [5.41, 5.74) is 0.691. The highest BCUT2D eigenvalue weighted by molar-refractivity contribution is 6.32. The number of hydrogen-bond acceptors (Lipinski definition) is 2. The first-order valence-electron chi connectivity index (χ1n) is 5.05. The Labute approximate surface area is 98.0 Å². The van der Waals surface area contributed by atoms with Crippen LogP contribution in [0.15, 0.2) is 12.1 Å². The van der Waals surface area contributed by atoms with Gasteiger partial charge in [-0.25, -0.2) is 4.39 Å². The van der Waals surface area contributed by atoms with Crippen LogP contribution in [0.4, 0.5) is 10.1 Å². The van der Waals surface area contributed by atoms with E-state index in [0.717, 1.165) is 0 Å². The van der Waals surface area contributed by atoms with Crippen LogP contribution >= 0.6 is 11.6 Å². The van der Waals surface area contributed by atoms with E-state index in [-0.39, 0.29) is 17.6 Å².